The van der Waals surface area contributed by atoms with Crippen LogP contribution in [-0.4, -0.2) is 31.7 Å². The lowest BCUT2D eigenvalue weighted by Crippen LogP contribution is -2.35. The molecule has 2 aromatic rings. The Morgan fingerprint density at radius 2 is 1.71 bits per heavy atom. The van der Waals surface area contributed by atoms with Gasteiger partial charge in [0, 0.05) is 25.7 Å². The van der Waals surface area contributed by atoms with Gasteiger partial charge in [0.15, 0.2) is 0 Å². The highest BCUT2D eigenvalue weighted by Gasteiger charge is 2.30. The van der Waals surface area contributed by atoms with Crippen molar-refractivity contribution in [2.75, 3.05) is 13.1 Å². The minimum Gasteiger partial charge on any atom is -0.348 e. The highest BCUT2D eigenvalue weighted by Crippen LogP contribution is 2.29. The molecule has 1 aliphatic rings. The number of carbonyl (C=O) groups excluding carboxylic acids is 1. The van der Waals surface area contributed by atoms with E-state index in [4.69, 9.17) is 0 Å². The Morgan fingerprint density at radius 1 is 1.03 bits per heavy atom. The molecular weight excluding hydrogens is 429 g/mol. The number of piperidine rings is 1. The van der Waals surface area contributed by atoms with E-state index in [0.717, 1.165) is 37.5 Å². The van der Waals surface area contributed by atoms with Gasteiger partial charge in [0.1, 0.15) is 0 Å². The van der Waals surface area contributed by atoms with Gasteiger partial charge in [-0.05, 0) is 54.3 Å². The molecule has 1 saturated heterocycles. The van der Waals surface area contributed by atoms with Gasteiger partial charge in [0.05, 0.1) is 10.5 Å². The molecule has 31 heavy (non-hydrogen) atoms. The fourth-order valence-electron chi connectivity index (χ4n) is 3.27. The molecular formula is C22H23F3N2O3S. The summed E-state index contributed by atoms with van der Waals surface area (Å²) in [5.74, 6) is -0.470. The van der Waals surface area contributed by atoms with Crippen molar-refractivity contribution in [1.82, 2.24) is 9.62 Å². The molecule has 5 nitrogen and oxygen atoms in total. The molecule has 0 saturated carbocycles. The van der Waals surface area contributed by atoms with Crippen LogP contribution < -0.4 is 5.32 Å². The first kappa shape index (κ1) is 23.0. The summed E-state index contributed by atoms with van der Waals surface area (Å²) in [6, 6.07) is 11.0. The zero-order chi connectivity index (χ0) is 22.5. The summed E-state index contributed by atoms with van der Waals surface area (Å²) < 4.78 is 65.0. The van der Waals surface area contributed by atoms with E-state index < -0.39 is 27.7 Å². The average molecular weight is 452 g/mol. The standard InChI is InChI=1S/C22H23F3N2O3S/c23-22(24,25)19-6-4-5-17(15-19)9-12-21(28)26-16-18-7-10-20(11-8-18)31(29,30)27-13-2-1-3-14-27/h4-12,15H,1-3,13-14,16H2,(H,26,28). The number of hydrogen-bond donors (Lipinski definition) is 1. The SMILES string of the molecule is O=C(C=Cc1cccc(C(F)(F)F)c1)NCc1ccc(S(=O)(=O)N2CCCCC2)cc1. The number of rotatable bonds is 6. The lowest BCUT2D eigenvalue weighted by Gasteiger charge is -2.25. The average Bonchev–Trinajstić information content (AvgIpc) is 2.77. The highest BCUT2D eigenvalue weighted by atomic mass is 32.2. The highest BCUT2D eigenvalue weighted by molar-refractivity contribution is 7.89. The van der Waals surface area contributed by atoms with E-state index in [9.17, 15) is 26.4 Å². The molecule has 0 aromatic heterocycles. The van der Waals surface area contributed by atoms with Crippen molar-refractivity contribution in [3.05, 3.63) is 71.3 Å². The van der Waals surface area contributed by atoms with Gasteiger partial charge in [-0.3, -0.25) is 4.79 Å². The molecule has 2 aromatic carbocycles. The zero-order valence-corrected chi connectivity index (χ0v) is 17.5. The van der Waals surface area contributed by atoms with Crippen LogP contribution in [0.3, 0.4) is 0 Å². The van der Waals surface area contributed by atoms with Crippen LogP contribution in [0.5, 0.6) is 0 Å². The Hall–Kier alpha value is -2.65. The van der Waals surface area contributed by atoms with E-state index in [1.165, 1.54) is 34.6 Å². The number of halogens is 3. The molecule has 1 amide bonds. The van der Waals surface area contributed by atoms with E-state index in [0.29, 0.717) is 18.7 Å². The molecule has 1 heterocycles. The van der Waals surface area contributed by atoms with Gasteiger partial charge in [0.2, 0.25) is 15.9 Å². The summed E-state index contributed by atoms with van der Waals surface area (Å²) >= 11 is 0. The van der Waals surface area contributed by atoms with Crippen molar-refractivity contribution in [1.29, 1.82) is 0 Å². The Kier molecular flexibility index (Phi) is 7.17. The summed E-state index contributed by atoms with van der Waals surface area (Å²) in [4.78, 5) is 12.2. The largest absolute Gasteiger partial charge is 0.416 e. The van der Waals surface area contributed by atoms with Crippen LogP contribution in [-0.2, 0) is 27.5 Å². The Bertz CT molecular complexity index is 1040. The number of nitrogens with one attached hydrogen (secondary N) is 1. The molecule has 0 spiro atoms. The van der Waals surface area contributed by atoms with Crippen LogP contribution in [0.25, 0.3) is 6.08 Å². The number of carbonyl (C=O) groups is 1. The molecule has 0 bridgehead atoms. The molecule has 9 heteroatoms. The summed E-state index contributed by atoms with van der Waals surface area (Å²) in [6.07, 6.45) is 0.769. The van der Waals surface area contributed by atoms with E-state index in [2.05, 4.69) is 5.32 Å². The van der Waals surface area contributed by atoms with Gasteiger partial charge in [-0.15, -0.1) is 0 Å². The topological polar surface area (TPSA) is 66.5 Å². The maximum atomic E-state index is 12.7. The molecule has 1 aliphatic heterocycles. The van der Waals surface area contributed by atoms with Crippen molar-refractivity contribution < 1.29 is 26.4 Å². The first-order valence-electron chi connectivity index (χ1n) is 9.88. The zero-order valence-electron chi connectivity index (χ0n) is 16.7. The third-order valence-corrected chi connectivity index (χ3v) is 6.90. The number of amides is 1. The first-order chi connectivity index (χ1) is 14.7. The van der Waals surface area contributed by atoms with Crippen molar-refractivity contribution >= 4 is 22.0 Å². The van der Waals surface area contributed by atoms with Crippen molar-refractivity contribution in [3.8, 4) is 0 Å². The first-order valence-corrected chi connectivity index (χ1v) is 11.3. The molecule has 0 atom stereocenters. The predicted octanol–water partition coefficient (Wildman–Crippen LogP) is 4.21. The van der Waals surface area contributed by atoms with Gasteiger partial charge in [-0.1, -0.05) is 30.7 Å². The maximum Gasteiger partial charge on any atom is 0.416 e. The van der Waals surface area contributed by atoms with Crippen LogP contribution in [0.1, 0.15) is 36.0 Å². The molecule has 1 fully saturated rings. The molecule has 166 valence electrons. The number of nitrogens with zero attached hydrogens (tertiary/aromatic N) is 1. The van der Waals surface area contributed by atoms with Gasteiger partial charge >= 0.3 is 6.18 Å². The summed E-state index contributed by atoms with van der Waals surface area (Å²) in [7, 11) is -3.51. The second-order valence-corrected chi connectivity index (χ2v) is 9.22. The van der Waals surface area contributed by atoms with Crippen LogP contribution >= 0.6 is 0 Å². The third-order valence-electron chi connectivity index (χ3n) is 4.98. The van der Waals surface area contributed by atoms with Crippen LogP contribution in [0.15, 0.2) is 59.5 Å². The van der Waals surface area contributed by atoms with E-state index in [1.807, 2.05) is 0 Å². The summed E-state index contributed by atoms with van der Waals surface area (Å²) in [5, 5.41) is 2.63. The predicted molar refractivity (Wildman–Crippen MR) is 111 cm³/mol. The number of hydrogen-bond acceptors (Lipinski definition) is 3. The van der Waals surface area contributed by atoms with Gasteiger partial charge in [-0.25, -0.2) is 8.42 Å². The second kappa shape index (κ2) is 9.65. The fourth-order valence-corrected chi connectivity index (χ4v) is 4.79. The quantitative estimate of drug-likeness (QED) is 0.668. The lowest BCUT2D eigenvalue weighted by molar-refractivity contribution is -0.137. The normalized spacial score (nSPS) is 15.8. The molecule has 0 unspecified atom stereocenters. The molecule has 3 rings (SSSR count). The second-order valence-electron chi connectivity index (χ2n) is 7.28. The van der Waals surface area contributed by atoms with Crippen LogP contribution in [0, 0.1) is 0 Å². The smallest absolute Gasteiger partial charge is 0.348 e. The summed E-state index contributed by atoms with van der Waals surface area (Å²) in [6.45, 7) is 1.21. The number of benzene rings is 2. The monoisotopic (exact) mass is 452 g/mol. The van der Waals surface area contributed by atoms with E-state index in [1.54, 1.807) is 12.1 Å². The van der Waals surface area contributed by atoms with E-state index in [-0.39, 0.29) is 17.0 Å². The summed E-state index contributed by atoms with van der Waals surface area (Å²) in [5.41, 5.74) is 0.185. The third kappa shape index (κ3) is 6.18. The van der Waals surface area contributed by atoms with Gasteiger partial charge in [-0.2, -0.15) is 17.5 Å². The number of alkyl halides is 3. The Morgan fingerprint density at radius 3 is 2.35 bits per heavy atom. The van der Waals surface area contributed by atoms with Gasteiger partial charge in [0.25, 0.3) is 0 Å². The Balaban J connectivity index is 1.56. The molecule has 1 N–H and O–H groups in total. The minimum absolute atomic E-state index is 0.163. The van der Waals surface area contributed by atoms with Crippen molar-refractivity contribution in [2.24, 2.45) is 0 Å². The van der Waals surface area contributed by atoms with Crippen LogP contribution in [0.4, 0.5) is 13.2 Å². The number of sulfonamides is 1. The lowest BCUT2D eigenvalue weighted by atomic mass is 10.1. The maximum absolute atomic E-state index is 12.7. The Labute approximate surface area is 179 Å². The van der Waals surface area contributed by atoms with Crippen LogP contribution in [0.2, 0.25) is 0 Å². The minimum atomic E-state index is -4.44. The molecule has 0 aliphatic carbocycles. The van der Waals surface area contributed by atoms with Gasteiger partial charge < -0.3 is 5.32 Å². The van der Waals surface area contributed by atoms with Crippen molar-refractivity contribution in [3.63, 3.8) is 0 Å². The molecule has 0 radical (unpaired) electrons. The van der Waals surface area contributed by atoms with E-state index >= 15 is 0 Å². The van der Waals surface area contributed by atoms with Crippen molar-refractivity contribution in [2.45, 2.75) is 36.9 Å². The fraction of sp³-hybridized carbons (Fsp3) is 0.318.